The molecular formula is C28H33N7O5. The van der Waals surface area contributed by atoms with Crippen LogP contribution >= 0.6 is 0 Å². The van der Waals surface area contributed by atoms with Gasteiger partial charge in [0.15, 0.2) is 11.2 Å². The number of nitrogens with one attached hydrogen (secondary N) is 1. The number of fused-ring (bicyclic) bond motifs is 1. The molecule has 0 radical (unpaired) electrons. The summed E-state index contributed by atoms with van der Waals surface area (Å²) in [7, 11) is 6.23. The fourth-order valence-electron chi connectivity index (χ4n) is 5.00. The van der Waals surface area contributed by atoms with Gasteiger partial charge in [-0.25, -0.2) is 4.79 Å². The van der Waals surface area contributed by atoms with Crippen molar-refractivity contribution >= 4 is 28.7 Å². The fraction of sp³-hybridized carbons (Fsp3) is 0.357. The summed E-state index contributed by atoms with van der Waals surface area (Å²) < 4.78 is 15.0. The summed E-state index contributed by atoms with van der Waals surface area (Å²) >= 11 is 0. The van der Waals surface area contributed by atoms with Gasteiger partial charge < -0.3 is 19.7 Å². The van der Waals surface area contributed by atoms with Crippen LogP contribution in [0, 0.1) is 0 Å². The van der Waals surface area contributed by atoms with Crippen LogP contribution in [0.3, 0.4) is 0 Å². The summed E-state index contributed by atoms with van der Waals surface area (Å²) in [6.45, 7) is 3.08. The Morgan fingerprint density at radius 2 is 1.68 bits per heavy atom. The fourth-order valence-corrected chi connectivity index (χ4v) is 5.00. The molecule has 1 fully saturated rings. The van der Waals surface area contributed by atoms with E-state index in [9.17, 15) is 14.4 Å². The van der Waals surface area contributed by atoms with E-state index in [1.54, 1.807) is 39.5 Å². The predicted octanol–water partition coefficient (Wildman–Crippen LogP) is 1.26. The van der Waals surface area contributed by atoms with Crippen molar-refractivity contribution in [2.24, 2.45) is 14.1 Å². The molecule has 1 aliphatic heterocycles. The highest BCUT2D eigenvalue weighted by Gasteiger charge is 2.26. The zero-order valence-corrected chi connectivity index (χ0v) is 23.1. The van der Waals surface area contributed by atoms with E-state index >= 15 is 0 Å². The topological polar surface area (TPSA) is 116 Å². The van der Waals surface area contributed by atoms with Crippen molar-refractivity contribution in [1.82, 2.24) is 23.6 Å². The van der Waals surface area contributed by atoms with E-state index in [1.165, 1.54) is 11.6 Å². The van der Waals surface area contributed by atoms with Crippen LogP contribution in [-0.2, 0) is 25.4 Å². The van der Waals surface area contributed by atoms with Crippen LogP contribution in [0.1, 0.15) is 5.56 Å². The van der Waals surface area contributed by atoms with Gasteiger partial charge in [-0.2, -0.15) is 4.98 Å². The zero-order chi connectivity index (χ0) is 28.4. The van der Waals surface area contributed by atoms with Crippen LogP contribution in [0.5, 0.6) is 11.5 Å². The van der Waals surface area contributed by atoms with Gasteiger partial charge in [0.25, 0.3) is 5.56 Å². The maximum Gasteiger partial charge on any atom is 0.332 e. The van der Waals surface area contributed by atoms with Gasteiger partial charge in [-0.05, 0) is 17.7 Å². The maximum absolute atomic E-state index is 13.2. The van der Waals surface area contributed by atoms with Crippen LogP contribution in [0.15, 0.2) is 58.1 Å². The molecule has 40 heavy (non-hydrogen) atoms. The van der Waals surface area contributed by atoms with Gasteiger partial charge in [0, 0.05) is 46.3 Å². The number of nitrogens with zero attached hydrogens (tertiary/aromatic N) is 6. The molecule has 0 unspecified atom stereocenters. The molecule has 0 spiro atoms. The molecule has 3 heterocycles. The number of piperazine rings is 1. The van der Waals surface area contributed by atoms with Crippen molar-refractivity contribution in [2.75, 3.05) is 57.2 Å². The highest BCUT2D eigenvalue weighted by Crippen LogP contribution is 2.29. The Hall–Kier alpha value is -4.58. The molecule has 12 nitrogen and oxygen atoms in total. The monoisotopic (exact) mass is 547 g/mol. The van der Waals surface area contributed by atoms with Gasteiger partial charge in [0.05, 0.1) is 33.0 Å². The average Bonchev–Trinajstić information content (AvgIpc) is 3.34. The first kappa shape index (κ1) is 27.0. The van der Waals surface area contributed by atoms with Crippen molar-refractivity contribution in [3.05, 3.63) is 74.9 Å². The second kappa shape index (κ2) is 11.3. The molecule has 210 valence electrons. The van der Waals surface area contributed by atoms with Crippen LogP contribution in [0.25, 0.3) is 11.2 Å². The van der Waals surface area contributed by atoms with Gasteiger partial charge >= 0.3 is 5.69 Å². The third-order valence-electron chi connectivity index (χ3n) is 7.21. The Balaban J connectivity index is 1.35. The lowest BCUT2D eigenvalue weighted by molar-refractivity contribution is -0.117. The normalized spacial score (nSPS) is 13.9. The number of carbonyl (C=O) groups is 1. The van der Waals surface area contributed by atoms with Crippen LogP contribution in [0.4, 0.5) is 11.6 Å². The number of hydrogen-bond donors (Lipinski definition) is 1. The number of anilines is 2. The van der Waals surface area contributed by atoms with Crippen molar-refractivity contribution < 1.29 is 14.3 Å². The Labute approximate surface area is 231 Å². The molecular weight excluding hydrogens is 514 g/mol. The predicted molar refractivity (Wildman–Crippen MR) is 153 cm³/mol. The van der Waals surface area contributed by atoms with Gasteiger partial charge in [0.2, 0.25) is 11.9 Å². The Kier molecular flexibility index (Phi) is 7.60. The second-order valence-electron chi connectivity index (χ2n) is 9.74. The van der Waals surface area contributed by atoms with E-state index in [1.807, 2.05) is 34.9 Å². The van der Waals surface area contributed by atoms with Gasteiger partial charge in [0.1, 0.15) is 11.5 Å². The molecule has 0 atom stereocenters. The smallest absolute Gasteiger partial charge is 0.332 e. The summed E-state index contributed by atoms with van der Waals surface area (Å²) in [6.07, 6.45) is 0. The van der Waals surface area contributed by atoms with Crippen LogP contribution in [-0.4, -0.2) is 76.4 Å². The number of rotatable bonds is 8. The summed E-state index contributed by atoms with van der Waals surface area (Å²) in [5, 5.41) is 2.92. The second-order valence-corrected chi connectivity index (χ2v) is 9.74. The number of ether oxygens (including phenoxy) is 2. The standard InChI is InChI=1S/C28H33N7O5/c1-31-25-24(26(37)32(2)28(31)38)35(17-19-8-6-5-7-9-19)27(30-25)34-14-12-33(13-15-34)18-23(36)29-21-16-20(39-3)10-11-22(21)40-4/h5-11,16H,12-15,17-18H2,1-4H3,(H,29,36). The number of benzene rings is 2. The zero-order valence-electron chi connectivity index (χ0n) is 23.1. The van der Waals surface area contributed by atoms with Crippen molar-refractivity contribution in [3.8, 4) is 11.5 Å². The molecule has 1 N–H and O–H groups in total. The van der Waals surface area contributed by atoms with E-state index in [2.05, 4.69) is 15.1 Å². The van der Waals surface area contributed by atoms with Crippen molar-refractivity contribution in [1.29, 1.82) is 0 Å². The lowest BCUT2D eigenvalue weighted by Crippen LogP contribution is -2.49. The molecule has 1 aliphatic rings. The van der Waals surface area contributed by atoms with E-state index in [0.717, 1.165) is 10.1 Å². The summed E-state index contributed by atoms with van der Waals surface area (Å²) in [5.41, 5.74) is 1.51. The molecule has 2 aromatic carbocycles. The first-order valence-corrected chi connectivity index (χ1v) is 13.0. The Bertz CT molecular complexity index is 1650. The molecule has 1 amide bonds. The van der Waals surface area contributed by atoms with E-state index < -0.39 is 5.69 Å². The number of amides is 1. The number of methoxy groups -OCH3 is 2. The molecule has 12 heteroatoms. The maximum atomic E-state index is 13.2. The minimum Gasteiger partial charge on any atom is -0.497 e. The van der Waals surface area contributed by atoms with Gasteiger partial charge in [-0.15, -0.1) is 0 Å². The first-order valence-electron chi connectivity index (χ1n) is 13.0. The largest absolute Gasteiger partial charge is 0.497 e. The van der Waals surface area contributed by atoms with Gasteiger partial charge in [-0.1, -0.05) is 30.3 Å². The van der Waals surface area contributed by atoms with Crippen molar-refractivity contribution in [3.63, 3.8) is 0 Å². The molecule has 4 aromatic rings. The number of aryl methyl sites for hydroxylation is 1. The summed E-state index contributed by atoms with van der Waals surface area (Å²) in [6, 6.07) is 15.1. The lowest BCUT2D eigenvalue weighted by atomic mass is 10.2. The Morgan fingerprint density at radius 1 is 0.950 bits per heavy atom. The molecule has 0 saturated carbocycles. The van der Waals surface area contributed by atoms with Gasteiger partial charge in [-0.3, -0.25) is 28.2 Å². The SMILES string of the molecule is COc1ccc(OC)c(NC(=O)CN2CCN(c3nc4c(c(=O)n(C)c(=O)n4C)n3Cc3ccccc3)CC2)c1. The summed E-state index contributed by atoms with van der Waals surface area (Å²) in [5.74, 6) is 1.64. The number of carbonyl (C=O) groups excluding carboxylic acids is 1. The van der Waals surface area contributed by atoms with Crippen LogP contribution < -0.4 is 30.9 Å². The minimum atomic E-state index is -0.420. The molecule has 2 aromatic heterocycles. The third kappa shape index (κ3) is 5.17. The molecule has 5 rings (SSSR count). The van der Waals surface area contributed by atoms with Crippen molar-refractivity contribution in [2.45, 2.75) is 6.54 Å². The highest BCUT2D eigenvalue weighted by atomic mass is 16.5. The third-order valence-corrected chi connectivity index (χ3v) is 7.21. The average molecular weight is 548 g/mol. The first-order chi connectivity index (χ1) is 19.3. The number of hydrogen-bond acceptors (Lipinski definition) is 8. The number of aromatic nitrogens is 4. The van der Waals surface area contributed by atoms with Crippen LogP contribution in [0.2, 0.25) is 0 Å². The highest BCUT2D eigenvalue weighted by molar-refractivity contribution is 5.94. The van der Waals surface area contributed by atoms with E-state index in [0.29, 0.717) is 67.0 Å². The molecule has 0 aliphatic carbocycles. The number of imidazole rings is 1. The lowest BCUT2D eigenvalue weighted by Gasteiger charge is -2.35. The molecule has 1 saturated heterocycles. The Morgan fingerprint density at radius 3 is 2.35 bits per heavy atom. The quantitative estimate of drug-likeness (QED) is 0.351. The minimum absolute atomic E-state index is 0.158. The molecule has 0 bridgehead atoms. The summed E-state index contributed by atoms with van der Waals surface area (Å²) in [4.78, 5) is 47.7. The van der Waals surface area contributed by atoms with E-state index in [-0.39, 0.29) is 18.0 Å². The van der Waals surface area contributed by atoms with E-state index in [4.69, 9.17) is 14.5 Å².